The molecule has 0 spiro atoms. The van der Waals surface area contributed by atoms with E-state index in [9.17, 15) is 5.11 Å². The summed E-state index contributed by atoms with van der Waals surface area (Å²) in [4.78, 5) is 2.07. The normalized spacial score (nSPS) is 25.5. The van der Waals surface area contributed by atoms with Gasteiger partial charge in [0.15, 0.2) is 0 Å². The maximum Gasteiger partial charge on any atom is 0.0793 e. The molecule has 2 N–H and O–H groups in total. The number of aliphatic hydroxyl groups excluding tert-OH is 1. The summed E-state index contributed by atoms with van der Waals surface area (Å²) in [5.41, 5.74) is -0.625. The van der Waals surface area contributed by atoms with Crippen molar-refractivity contribution >= 4 is 0 Å². The third-order valence-electron chi connectivity index (χ3n) is 2.73. The number of rotatable bonds is 3. The molecular formula is C9H19NO2. The summed E-state index contributed by atoms with van der Waals surface area (Å²) in [5, 5.41) is 18.9. The Bertz CT molecular complexity index is 151. The van der Waals surface area contributed by atoms with Gasteiger partial charge in [-0.2, -0.15) is 0 Å². The van der Waals surface area contributed by atoms with Gasteiger partial charge in [-0.05, 0) is 12.8 Å². The van der Waals surface area contributed by atoms with Crippen LogP contribution in [0.5, 0.6) is 0 Å². The van der Waals surface area contributed by atoms with Crippen LogP contribution in [0.4, 0.5) is 0 Å². The lowest BCUT2D eigenvalue weighted by atomic mass is 9.91. The molecule has 1 fully saturated rings. The summed E-state index contributed by atoms with van der Waals surface area (Å²) in [5.74, 6) is 0.259. The van der Waals surface area contributed by atoms with Gasteiger partial charge in [0.1, 0.15) is 0 Å². The second-order valence-corrected chi connectivity index (χ2v) is 4.36. The van der Waals surface area contributed by atoms with Crippen LogP contribution in [0.3, 0.4) is 0 Å². The van der Waals surface area contributed by atoms with E-state index in [0.29, 0.717) is 19.6 Å². The van der Waals surface area contributed by atoms with E-state index in [4.69, 9.17) is 5.11 Å². The number of nitrogens with zero attached hydrogens (tertiary/aromatic N) is 1. The van der Waals surface area contributed by atoms with Crippen LogP contribution in [0.25, 0.3) is 0 Å². The quantitative estimate of drug-likeness (QED) is 0.635. The minimum absolute atomic E-state index is 0.173. The maximum absolute atomic E-state index is 9.89. The number of hydrogen-bond acceptors (Lipinski definition) is 3. The number of β-amino-alcohol motifs (C(OH)–C–C–N with tert-alkyl or cyclic N) is 2. The fourth-order valence-electron chi connectivity index (χ4n) is 1.31. The lowest BCUT2D eigenvalue weighted by molar-refractivity contribution is -0.0714. The van der Waals surface area contributed by atoms with Crippen molar-refractivity contribution in [2.45, 2.75) is 32.5 Å². The molecule has 72 valence electrons. The van der Waals surface area contributed by atoms with Crippen molar-refractivity contribution in [3.63, 3.8) is 0 Å². The van der Waals surface area contributed by atoms with Crippen LogP contribution in [0, 0.1) is 5.92 Å². The van der Waals surface area contributed by atoms with Gasteiger partial charge in [-0.15, -0.1) is 0 Å². The van der Waals surface area contributed by atoms with Gasteiger partial charge in [0.25, 0.3) is 0 Å². The first-order valence-corrected chi connectivity index (χ1v) is 4.54. The molecule has 0 radical (unpaired) electrons. The van der Waals surface area contributed by atoms with Crippen molar-refractivity contribution in [2.75, 3.05) is 19.6 Å². The van der Waals surface area contributed by atoms with Crippen LogP contribution in [-0.4, -0.2) is 46.5 Å². The van der Waals surface area contributed by atoms with Gasteiger partial charge in [0.05, 0.1) is 11.7 Å². The second kappa shape index (κ2) is 3.32. The van der Waals surface area contributed by atoms with Gasteiger partial charge >= 0.3 is 0 Å². The molecule has 0 aromatic rings. The summed E-state index contributed by atoms with van der Waals surface area (Å²) < 4.78 is 0. The first-order valence-electron chi connectivity index (χ1n) is 4.54. The first-order chi connectivity index (χ1) is 5.42. The number of hydrogen-bond donors (Lipinski definition) is 2. The Morgan fingerprint density at radius 3 is 2.33 bits per heavy atom. The average molecular weight is 173 g/mol. The second-order valence-electron chi connectivity index (χ2n) is 4.36. The molecule has 0 bridgehead atoms. The maximum atomic E-state index is 9.89. The van der Waals surface area contributed by atoms with Gasteiger partial charge in [0, 0.05) is 19.6 Å². The molecule has 1 aliphatic rings. The van der Waals surface area contributed by atoms with E-state index in [2.05, 4.69) is 4.90 Å². The summed E-state index contributed by atoms with van der Waals surface area (Å²) in [7, 11) is 0. The van der Waals surface area contributed by atoms with Crippen LogP contribution < -0.4 is 0 Å². The molecule has 3 nitrogen and oxygen atoms in total. The van der Waals surface area contributed by atoms with E-state index in [1.807, 2.05) is 20.8 Å². The molecule has 3 heteroatoms. The zero-order valence-electron chi connectivity index (χ0n) is 8.12. The predicted octanol–water partition coefficient (Wildman–Crippen LogP) is 0.0699. The highest BCUT2D eigenvalue weighted by atomic mass is 16.3. The van der Waals surface area contributed by atoms with E-state index < -0.39 is 5.60 Å². The molecule has 1 saturated heterocycles. The Kier molecular flexibility index (Phi) is 2.76. The molecule has 0 aromatic carbocycles. The molecule has 12 heavy (non-hydrogen) atoms. The van der Waals surface area contributed by atoms with E-state index in [1.165, 1.54) is 0 Å². The van der Waals surface area contributed by atoms with E-state index >= 15 is 0 Å². The van der Waals surface area contributed by atoms with Gasteiger partial charge in [0.2, 0.25) is 0 Å². The number of likely N-dealkylation sites (tertiary alicyclic amines) is 1. The molecule has 0 saturated carbocycles. The van der Waals surface area contributed by atoms with Crippen molar-refractivity contribution in [3.8, 4) is 0 Å². The van der Waals surface area contributed by atoms with Gasteiger partial charge in [-0.1, -0.05) is 13.8 Å². The third kappa shape index (κ3) is 2.19. The topological polar surface area (TPSA) is 43.7 Å². The van der Waals surface area contributed by atoms with E-state index in [0.717, 1.165) is 0 Å². The van der Waals surface area contributed by atoms with Crippen molar-refractivity contribution in [3.05, 3.63) is 0 Å². The molecule has 1 heterocycles. The zero-order chi connectivity index (χ0) is 9.35. The number of aliphatic hydroxyl groups is 2. The van der Waals surface area contributed by atoms with Crippen LogP contribution >= 0.6 is 0 Å². The highest BCUT2D eigenvalue weighted by molar-refractivity contribution is 4.87. The Labute approximate surface area is 74.0 Å². The average Bonchev–Trinajstić information content (AvgIpc) is 1.83. The van der Waals surface area contributed by atoms with Gasteiger partial charge < -0.3 is 10.2 Å². The Morgan fingerprint density at radius 1 is 1.50 bits per heavy atom. The molecule has 0 amide bonds. The summed E-state index contributed by atoms with van der Waals surface area (Å²) >= 11 is 0. The highest BCUT2D eigenvalue weighted by Crippen LogP contribution is 2.20. The lowest BCUT2D eigenvalue weighted by Crippen LogP contribution is -2.56. The Hall–Kier alpha value is -0.120. The molecule has 0 aliphatic carbocycles. The van der Waals surface area contributed by atoms with Crippen molar-refractivity contribution in [1.82, 2.24) is 4.90 Å². The van der Waals surface area contributed by atoms with Crippen molar-refractivity contribution in [2.24, 2.45) is 5.92 Å². The largest absolute Gasteiger partial charge is 0.390 e. The monoisotopic (exact) mass is 173 g/mol. The molecule has 1 atom stereocenters. The van der Waals surface area contributed by atoms with E-state index in [-0.39, 0.29) is 12.0 Å². The molecule has 1 aliphatic heterocycles. The predicted molar refractivity (Wildman–Crippen MR) is 47.9 cm³/mol. The van der Waals surface area contributed by atoms with Gasteiger partial charge in [-0.3, -0.25) is 4.90 Å². The fraction of sp³-hybridized carbons (Fsp3) is 1.00. The summed E-state index contributed by atoms with van der Waals surface area (Å²) in [6.45, 7) is 7.96. The van der Waals surface area contributed by atoms with Crippen LogP contribution in [0.2, 0.25) is 0 Å². The standard InChI is InChI=1S/C9H19NO2/c1-7(2)9(3,12)6-10-4-8(11)5-10/h7-8,11-12H,4-6H2,1-3H3. The third-order valence-corrected chi connectivity index (χ3v) is 2.73. The van der Waals surface area contributed by atoms with Crippen LogP contribution in [0.1, 0.15) is 20.8 Å². The van der Waals surface area contributed by atoms with Crippen LogP contribution in [0.15, 0.2) is 0 Å². The molecule has 0 aromatic heterocycles. The lowest BCUT2D eigenvalue weighted by Gasteiger charge is -2.41. The Morgan fingerprint density at radius 2 is 2.00 bits per heavy atom. The van der Waals surface area contributed by atoms with Crippen LogP contribution in [-0.2, 0) is 0 Å². The minimum Gasteiger partial charge on any atom is -0.390 e. The molecule has 1 unspecified atom stereocenters. The fourth-order valence-corrected chi connectivity index (χ4v) is 1.31. The summed E-state index contributed by atoms with van der Waals surface area (Å²) in [6, 6.07) is 0. The van der Waals surface area contributed by atoms with E-state index in [1.54, 1.807) is 0 Å². The van der Waals surface area contributed by atoms with Crippen molar-refractivity contribution < 1.29 is 10.2 Å². The smallest absolute Gasteiger partial charge is 0.0793 e. The summed E-state index contributed by atoms with van der Waals surface area (Å²) in [6.07, 6.45) is -0.173. The molecular weight excluding hydrogens is 154 g/mol. The zero-order valence-corrected chi connectivity index (χ0v) is 8.12. The van der Waals surface area contributed by atoms with Gasteiger partial charge in [-0.25, -0.2) is 0 Å². The molecule has 1 rings (SSSR count). The van der Waals surface area contributed by atoms with Crippen molar-refractivity contribution in [1.29, 1.82) is 0 Å². The first kappa shape index (κ1) is 9.96. The SMILES string of the molecule is CC(C)C(C)(O)CN1CC(O)C1. The Balaban J connectivity index is 2.30. The minimum atomic E-state index is -0.625. The highest BCUT2D eigenvalue weighted by Gasteiger charge is 2.33.